The molecule has 3 amide bonds. The zero-order chi connectivity index (χ0) is 24.4. The fourth-order valence-corrected chi connectivity index (χ4v) is 2.83. The number of unbranched alkanes of at least 4 members (excludes halogenated alkanes) is 9. The van der Waals surface area contributed by atoms with Gasteiger partial charge in [-0.1, -0.05) is 19.3 Å². The van der Waals surface area contributed by atoms with Crippen LogP contribution in [0.1, 0.15) is 77.0 Å². The van der Waals surface area contributed by atoms with Gasteiger partial charge in [0.05, 0.1) is 6.61 Å². The molecule has 0 spiro atoms. The number of alkyl carbamates (subject to hydrolysis) is 2. The molecule has 0 fully saturated rings. The van der Waals surface area contributed by atoms with Gasteiger partial charge in [-0.2, -0.15) is 0 Å². The van der Waals surface area contributed by atoms with Crippen molar-refractivity contribution in [1.29, 1.82) is 0 Å². The van der Waals surface area contributed by atoms with Crippen LogP contribution in [0.2, 0.25) is 0 Å². The Bertz CT molecular complexity index is 527. The topological polar surface area (TPSA) is 148 Å². The molecule has 0 aromatic rings. The van der Waals surface area contributed by atoms with Crippen LogP contribution in [0.3, 0.4) is 0 Å². The summed E-state index contributed by atoms with van der Waals surface area (Å²) in [7, 11) is 4.71. The Morgan fingerprint density at radius 2 is 1.00 bits per heavy atom. The van der Waals surface area contributed by atoms with Gasteiger partial charge in [0.25, 0.3) is 0 Å². The second-order valence-electron chi connectivity index (χ2n) is 7.50. The van der Waals surface area contributed by atoms with E-state index in [2.05, 4.69) is 25.8 Å². The first-order valence-electron chi connectivity index (χ1n) is 11.9. The monoisotopic (exact) mass is 471 g/mol. The molecule has 0 atom stereocenters. The van der Waals surface area contributed by atoms with Crippen LogP contribution in [-0.2, 0) is 14.3 Å². The van der Waals surface area contributed by atoms with Crippen molar-refractivity contribution in [3.8, 4) is 0 Å². The Morgan fingerprint density at radius 3 is 1.42 bits per heavy atom. The molecule has 33 heavy (non-hydrogen) atoms. The van der Waals surface area contributed by atoms with Crippen molar-refractivity contribution >= 4 is 25.9 Å². The van der Waals surface area contributed by atoms with Gasteiger partial charge in [0.15, 0.2) is 0 Å². The summed E-state index contributed by atoms with van der Waals surface area (Å²) in [6, 6.07) is 0. The van der Waals surface area contributed by atoms with Crippen LogP contribution in [0.25, 0.3) is 0 Å². The molecule has 189 valence electrons. The molecule has 0 aliphatic carbocycles. The smallest absolute Gasteiger partial charge is 0.450 e. The van der Waals surface area contributed by atoms with Crippen LogP contribution in [0.5, 0.6) is 0 Å². The Balaban J connectivity index is 3.30. The molecule has 0 heterocycles. The average Bonchev–Trinajstić information content (AvgIpc) is 2.79. The van der Waals surface area contributed by atoms with Crippen molar-refractivity contribution in [2.45, 2.75) is 77.0 Å². The first-order chi connectivity index (χ1) is 16.1. The van der Waals surface area contributed by atoms with Gasteiger partial charge >= 0.3 is 89.5 Å². The van der Waals surface area contributed by atoms with Crippen molar-refractivity contribution in [3.05, 3.63) is 0 Å². The first-order valence-corrected chi connectivity index (χ1v) is 11.9. The SMILES string of the molecule is [B]=NOC(=O)NCCCCCCOC(=O)NCCCCCCOC(=O)NCCCCCCO. The molecule has 0 aliphatic heterocycles. The van der Waals surface area contributed by atoms with Crippen LogP contribution < -0.4 is 16.0 Å². The van der Waals surface area contributed by atoms with E-state index in [-0.39, 0.29) is 12.7 Å². The number of rotatable bonds is 21. The molecule has 0 saturated heterocycles. The predicted molar refractivity (Wildman–Crippen MR) is 124 cm³/mol. The van der Waals surface area contributed by atoms with E-state index in [1.165, 1.54) is 0 Å². The van der Waals surface area contributed by atoms with Crippen LogP contribution >= 0.6 is 0 Å². The summed E-state index contributed by atoms with van der Waals surface area (Å²) in [5.74, 6) is 0. The molecule has 1 radical (unpaired) electrons. The molecule has 0 unspecified atom stereocenters. The summed E-state index contributed by atoms with van der Waals surface area (Å²) in [6.07, 6.45) is 8.94. The van der Waals surface area contributed by atoms with Crippen molar-refractivity contribution < 1.29 is 33.8 Å². The normalized spacial score (nSPS) is 10.2. The van der Waals surface area contributed by atoms with Crippen molar-refractivity contribution in [2.75, 3.05) is 39.5 Å². The summed E-state index contributed by atoms with van der Waals surface area (Å²) >= 11 is 0. The summed E-state index contributed by atoms with van der Waals surface area (Å²) in [5, 5.41) is 19.4. The first kappa shape index (κ1) is 30.6. The van der Waals surface area contributed by atoms with Gasteiger partial charge in [-0.3, -0.25) is 0 Å². The maximum atomic E-state index is 11.6. The van der Waals surface area contributed by atoms with Crippen molar-refractivity contribution in [2.24, 2.45) is 5.06 Å². The van der Waals surface area contributed by atoms with Gasteiger partial charge in [-0.15, -0.1) is 0 Å². The van der Waals surface area contributed by atoms with Crippen molar-refractivity contribution in [3.63, 3.8) is 0 Å². The zero-order valence-electron chi connectivity index (χ0n) is 19.6. The Kier molecular flexibility index (Phi) is 22.5. The summed E-state index contributed by atoms with van der Waals surface area (Å²) in [5.41, 5.74) is 0. The van der Waals surface area contributed by atoms with E-state index in [1.54, 1.807) is 0 Å². The molecule has 12 heteroatoms. The standard InChI is InChI=1S/C21H40BN4O7/c22-26-33-21(30)25-15-9-3-6-12-18-32-20(29)24-14-8-2-5-11-17-31-19(28)23-13-7-1-4-10-16-27/h27H,1-18H2,(H,23,28)(H,24,29)(H,25,30). The van der Waals surface area contributed by atoms with E-state index >= 15 is 0 Å². The average molecular weight is 471 g/mol. The van der Waals surface area contributed by atoms with Gasteiger partial charge in [0, 0.05) is 19.7 Å². The summed E-state index contributed by atoms with van der Waals surface area (Å²) in [4.78, 5) is 38.2. The molecule has 4 N–H and O–H groups in total. The van der Waals surface area contributed by atoms with E-state index < -0.39 is 12.2 Å². The fourth-order valence-electron chi connectivity index (χ4n) is 2.83. The van der Waals surface area contributed by atoms with Crippen LogP contribution in [0.4, 0.5) is 14.4 Å². The summed E-state index contributed by atoms with van der Waals surface area (Å²) < 4.78 is 10.2. The van der Waals surface area contributed by atoms with Gasteiger partial charge in [0.2, 0.25) is 0 Å². The molecule has 0 aromatic carbocycles. The minimum absolute atomic E-state index is 0.215. The van der Waals surface area contributed by atoms with Gasteiger partial charge in [-0.05, 0) is 32.1 Å². The predicted octanol–water partition coefficient (Wildman–Crippen LogP) is 3.11. The minimum atomic E-state index is -0.675. The third-order valence-corrected chi connectivity index (χ3v) is 4.64. The molecule has 0 aliphatic rings. The Labute approximate surface area is 197 Å². The molecule has 0 saturated carbocycles. The van der Waals surface area contributed by atoms with E-state index in [0.717, 1.165) is 77.0 Å². The number of hydrogen-bond donors (Lipinski definition) is 4. The van der Waals surface area contributed by atoms with Gasteiger partial charge in [0.1, 0.15) is 0 Å². The zero-order valence-corrected chi connectivity index (χ0v) is 19.6. The number of amides is 3. The number of hydrogen-bond acceptors (Lipinski definition) is 8. The molecular weight excluding hydrogens is 431 g/mol. The molecule has 0 aromatic heterocycles. The second-order valence-corrected chi connectivity index (χ2v) is 7.50. The van der Waals surface area contributed by atoms with E-state index in [9.17, 15) is 14.4 Å². The maximum absolute atomic E-state index is 11.6. The van der Waals surface area contributed by atoms with Crippen LogP contribution in [0, 0.1) is 0 Å². The molecule has 0 rings (SSSR count). The third kappa shape index (κ3) is 24.1. The number of carbonyl (C=O) groups is 3. The third-order valence-electron chi connectivity index (χ3n) is 4.64. The molecule has 0 bridgehead atoms. The van der Waals surface area contributed by atoms with E-state index in [4.69, 9.17) is 22.2 Å². The van der Waals surface area contributed by atoms with Crippen LogP contribution in [0.15, 0.2) is 5.06 Å². The number of ether oxygens (including phenoxy) is 2. The molecular formula is C21H40BN4O7. The fraction of sp³-hybridized carbons (Fsp3) is 0.857. The second kappa shape index (κ2) is 24.3. The Hall–Kier alpha value is -2.37. The Morgan fingerprint density at radius 1 is 0.606 bits per heavy atom. The van der Waals surface area contributed by atoms with Gasteiger partial charge in [-0.25, -0.2) is 9.59 Å². The minimum Gasteiger partial charge on any atom is -0.450 e. The van der Waals surface area contributed by atoms with Crippen LogP contribution in [-0.4, -0.2) is 70.5 Å². The van der Waals surface area contributed by atoms with E-state index in [0.29, 0.717) is 32.8 Å². The molecule has 11 nitrogen and oxygen atoms in total. The quantitative estimate of drug-likeness (QED) is 0.114. The van der Waals surface area contributed by atoms with E-state index in [1.807, 2.05) is 0 Å². The summed E-state index contributed by atoms with van der Waals surface area (Å²) in [6.45, 7) is 2.57. The number of carbonyl (C=O) groups excluding carboxylic acids is 3. The number of aliphatic hydroxyl groups is 1. The number of nitrogens with one attached hydrogen (secondary N) is 3. The van der Waals surface area contributed by atoms with Crippen molar-refractivity contribution in [1.82, 2.24) is 16.0 Å². The van der Waals surface area contributed by atoms with Gasteiger partial charge < -0.3 is 20.5 Å². The number of nitrogens with zero attached hydrogens (tertiary/aromatic N) is 1. The number of aliphatic hydroxyl groups excluding tert-OH is 1.